The third-order valence-corrected chi connectivity index (χ3v) is 1.28. The van der Waals surface area contributed by atoms with Gasteiger partial charge in [-0.1, -0.05) is 0 Å². The van der Waals surface area contributed by atoms with Crippen LogP contribution in [0.15, 0.2) is 11.6 Å². The van der Waals surface area contributed by atoms with E-state index in [1.807, 2.05) is 6.92 Å². The fraction of sp³-hybridized carbons (Fsp3) is 0.500. The first-order valence-electron chi connectivity index (χ1n) is 3.80. The van der Waals surface area contributed by atoms with E-state index in [1.54, 1.807) is 6.92 Å². The SMILES string of the molecule is CCNC(=O)C=C(C)C(=O)NC. The largest absolute Gasteiger partial charge is 0.355 e. The summed E-state index contributed by atoms with van der Waals surface area (Å²) in [6.07, 6.45) is 1.28. The second kappa shape index (κ2) is 5.35. The number of carbonyl (C=O) groups is 2. The molecular weight excluding hydrogens is 156 g/mol. The molecule has 0 aliphatic rings. The van der Waals surface area contributed by atoms with E-state index in [1.165, 1.54) is 13.1 Å². The molecular formula is C8H14N2O2. The van der Waals surface area contributed by atoms with Crippen molar-refractivity contribution in [1.82, 2.24) is 10.6 Å². The predicted octanol–water partition coefficient (Wildman–Crippen LogP) is -0.185. The molecule has 2 amide bonds. The maximum Gasteiger partial charge on any atom is 0.246 e. The Morgan fingerprint density at radius 3 is 2.42 bits per heavy atom. The predicted molar refractivity (Wildman–Crippen MR) is 46.5 cm³/mol. The van der Waals surface area contributed by atoms with E-state index in [0.29, 0.717) is 12.1 Å². The van der Waals surface area contributed by atoms with E-state index in [2.05, 4.69) is 10.6 Å². The van der Waals surface area contributed by atoms with Crippen molar-refractivity contribution >= 4 is 11.8 Å². The first kappa shape index (κ1) is 10.7. The van der Waals surface area contributed by atoms with Gasteiger partial charge in [0.05, 0.1) is 0 Å². The van der Waals surface area contributed by atoms with Gasteiger partial charge < -0.3 is 10.6 Å². The second-order valence-electron chi connectivity index (χ2n) is 2.30. The van der Waals surface area contributed by atoms with Crippen LogP contribution in [0, 0.1) is 0 Å². The molecule has 0 spiro atoms. The Kier molecular flexibility index (Phi) is 4.76. The topological polar surface area (TPSA) is 58.2 Å². The standard InChI is InChI=1S/C8H14N2O2/c1-4-10-7(11)5-6(2)8(12)9-3/h5H,4H2,1-3H3,(H,9,12)(H,10,11). The Balaban J connectivity index is 4.15. The quantitative estimate of drug-likeness (QED) is 0.577. The number of carbonyl (C=O) groups excluding carboxylic acids is 2. The Morgan fingerprint density at radius 2 is 2.00 bits per heavy atom. The van der Waals surface area contributed by atoms with E-state index >= 15 is 0 Å². The minimum absolute atomic E-state index is 0.235. The summed E-state index contributed by atoms with van der Waals surface area (Å²) in [7, 11) is 1.53. The highest BCUT2D eigenvalue weighted by atomic mass is 16.2. The first-order valence-corrected chi connectivity index (χ1v) is 3.80. The Morgan fingerprint density at radius 1 is 1.42 bits per heavy atom. The minimum Gasteiger partial charge on any atom is -0.355 e. The zero-order chi connectivity index (χ0) is 9.56. The van der Waals surface area contributed by atoms with Crippen molar-refractivity contribution in [2.75, 3.05) is 13.6 Å². The van der Waals surface area contributed by atoms with E-state index in [0.717, 1.165) is 0 Å². The molecule has 0 heterocycles. The van der Waals surface area contributed by atoms with Gasteiger partial charge in [0.2, 0.25) is 11.8 Å². The zero-order valence-corrected chi connectivity index (χ0v) is 7.60. The van der Waals surface area contributed by atoms with Gasteiger partial charge in [0.1, 0.15) is 0 Å². The van der Waals surface area contributed by atoms with Crippen molar-refractivity contribution in [3.05, 3.63) is 11.6 Å². The number of likely N-dealkylation sites (N-methyl/N-ethyl adjacent to an activating group) is 2. The molecule has 0 aliphatic carbocycles. The highest BCUT2D eigenvalue weighted by Crippen LogP contribution is 1.90. The van der Waals surface area contributed by atoms with Gasteiger partial charge >= 0.3 is 0 Å². The third kappa shape index (κ3) is 3.75. The highest BCUT2D eigenvalue weighted by molar-refractivity contribution is 6.00. The van der Waals surface area contributed by atoms with Crippen molar-refractivity contribution in [2.45, 2.75) is 13.8 Å². The monoisotopic (exact) mass is 170 g/mol. The van der Waals surface area contributed by atoms with Crippen LogP contribution >= 0.6 is 0 Å². The third-order valence-electron chi connectivity index (χ3n) is 1.28. The summed E-state index contributed by atoms with van der Waals surface area (Å²) in [4.78, 5) is 21.8. The van der Waals surface area contributed by atoms with Crippen LogP contribution in [0.2, 0.25) is 0 Å². The molecule has 4 heteroatoms. The van der Waals surface area contributed by atoms with Crippen LogP contribution in [-0.4, -0.2) is 25.4 Å². The van der Waals surface area contributed by atoms with Gasteiger partial charge in [0.25, 0.3) is 0 Å². The molecule has 4 nitrogen and oxygen atoms in total. The number of hydrogen-bond donors (Lipinski definition) is 2. The normalized spacial score (nSPS) is 10.8. The summed E-state index contributed by atoms with van der Waals surface area (Å²) < 4.78 is 0. The Labute approximate surface area is 72.0 Å². The molecule has 68 valence electrons. The van der Waals surface area contributed by atoms with Crippen molar-refractivity contribution in [3.8, 4) is 0 Å². The lowest BCUT2D eigenvalue weighted by Crippen LogP contribution is -2.24. The van der Waals surface area contributed by atoms with Gasteiger partial charge in [-0.05, 0) is 13.8 Å². The molecule has 0 fully saturated rings. The van der Waals surface area contributed by atoms with Gasteiger partial charge in [-0.3, -0.25) is 9.59 Å². The molecule has 0 bridgehead atoms. The molecule has 0 unspecified atom stereocenters. The van der Waals surface area contributed by atoms with Crippen LogP contribution in [0.4, 0.5) is 0 Å². The van der Waals surface area contributed by atoms with Crippen LogP contribution in [0.3, 0.4) is 0 Å². The van der Waals surface area contributed by atoms with Gasteiger partial charge in [0.15, 0.2) is 0 Å². The lowest BCUT2D eigenvalue weighted by molar-refractivity contribution is -0.119. The summed E-state index contributed by atoms with van der Waals surface area (Å²) in [5.74, 6) is -0.472. The summed E-state index contributed by atoms with van der Waals surface area (Å²) in [5, 5.41) is 4.99. The zero-order valence-electron chi connectivity index (χ0n) is 7.60. The van der Waals surface area contributed by atoms with E-state index in [4.69, 9.17) is 0 Å². The molecule has 0 aliphatic heterocycles. The number of hydrogen-bond acceptors (Lipinski definition) is 2. The summed E-state index contributed by atoms with van der Waals surface area (Å²) in [6.45, 7) is 3.98. The lowest BCUT2D eigenvalue weighted by Gasteiger charge is -1.99. The average Bonchev–Trinajstić information content (AvgIpc) is 2.03. The van der Waals surface area contributed by atoms with Crippen LogP contribution in [-0.2, 0) is 9.59 Å². The van der Waals surface area contributed by atoms with Crippen LogP contribution in [0.1, 0.15) is 13.8 Å². The Bertz CT molecular complexity index is 209. The summed E-state index contributed by atoms with van der Waals surface area (Å²) in [6, 6.07) is 0. The van der Waals surface area contributed by atoms with Gasteiger partial charge in [-0.25, -0.2) is 0 Å². The molecule has 0 rings (SSSR count). The maximum atomic E-state index is 10.9. The number of amides is 2. The summed E-state index contributed by atoms with van der Waals surface area (Å²) >= 11 is 0. The molecule has 0 aromatic rings. The summed E-state index contributed by atoms with van der Waals surface area (Å²) in [5.41, 5.74) is 0.406. The van der Waals surface area contributed by atoms with Crippen molar-refractivity contribution < 1.29 is 9.59 Å². The lowest BCUT2D eigenvalue weighted by atomic mass is 10.2. The van der Waals surface area contributed by atoms with E-state index in [9.17, 15) is 9.59 Å². The molecule has 0 aromatic heterocycles. The number of rotatable bonds is 3. The molecule has 0 radical (unpaired) electrons. The highest BCUT2D eigenvalue weighted by Gasteiger charge is 2.02. The molecule has 0 aromatic carbocycles. The van der Waals surface area contributed by atoms with Crippen LogP contribution in [0.25, 0.3) is 0 Å². The smallest absolute Gasteiger partial charge is 0.246 e. The van der Waals surface area contributed by atoms with E-state index in [-0.39, 0.29) is 11.8 Å². The second-order valence-corrected chi connectivity index (χ2v) is 2.30. The molecule has 0 atom stereocenters. The van der Waals surface area contributed by atoms with Crippen LogP contribution < -0.4 is 10.6 Å². The molecule has 2 N–H and O–H groups in total. The fourth-order valence-corrected chi connectivity index (χ4v) is 0.685. The number of nitrogens with one attached hydrogen (secondary N) is 2. The Hall–Kier alpha value is -1.32. The van der Waals surface area contributed by atoms with E-state index < -0.39 is 0 Å². The minimum atomic E-state index is -0.237. The van der Waals surface area contributed by atoms with Crippen molar-refractivity contribution in [3.63, 3.8) is 0 Å². The van der Waals surface area contributed by atoms with Gasteiger partial charge in [-0.15, -0.1) is 0 Å². The van der Waals surface area contributed by atoms with Crippen molar-refractivity contribution in [1.29, 1.82) is 0 Å². The van der Waals surface area contributed by atoms with Gasteiger partial charge in [0, 0.05) is 25.2 Å². The fourth-order valence-electron chi connectivity index (χ4n) is 0.685. The average molecular weight is 170 g/mol. The van der Waals surface area contributed by atoms with Gasteiger partial charge in [-0.2, -0.15) is 0 Å². The van der Waals surface area contributed by atoms with Crippen LogP contribution in [0.5, 0.6) is 0 Å². The molecule has 12 heavy (non-hydrogen) atoms. The molecule has 0 saturated carbocycles. The first-order chi connectivity index (χ1) is 5.61. The van der Waals surface area contributed by atoms with Crippen molar-refractivity contribution in [2.24, 2.45) is 0 Å². The maximum absolute atomic E-state index is 10.9. The molecule has 0 saturated heterocycles.